The first-order valence-electron chi connectivity index (χ1n) is 5.85. The fourth-order valence-electron chi connectivity index (χ4n) is 2.19. The van der Waals surface area contributed by atoms with Crippen molar-refractivity contribution in [2.45, 2.75) is 25.3 Å². The highest BCUT2D eigenvalue weighted by Crippen LogP contribution is 2.20. The first kappa shape index (κ1) is 12.4. The van der Waals surface area contributed by atoms with E-state index in [1.54, 1.807) is 0 Å². The van der Waals surface area contributed by atoms with E-state index in [1.807, 2.05) is 4.90 Å². The molecule has 0 aliphatic carbocycles. The van der Waals surface area contributed by atoms with Crippen LogP contribution in [0.5, 0.6) is 0 Å². The predicted molar refractivity (Wildman–Crippen MR) is 65.8 cm³/mol. The zero-order chi connectivity index (χ0) is 12.3. The van der Waals surface area contributed by atoms with Gasteiger partial charge in [0, 0.05) is 24.0 Å². The molecule has 0 bridgehead atoms. The summed E-state index contributed by atoms with van der Waals surface area (Å²) in [5.41, 5.74) is 0.531. The van der Waals surface area contributed by atoms with Gasteiger partial charge in [-0.05, 0) is 43.5 Å². The van der Waals surface area contributed by atoms with E-state index in [-0.39, 0.29) is 17.8 Å². The summed E-state index contributed by atoms with van der Waals surface area (Å²) in [5.74, 6) is 0.0943. The van der Waals surface area contributed by atoms with Crippen LogP contribution >= 0.6 is 11.6 Å². The Balaban J connectivity index is 2.15. The summed E-state index contributed by atoms with van der Waals surface area (Å²) in [7, 11) is 0. The molecule has 1 aromatic carbocycles. The van der Waals surface area contributed by atoms with Gasteiger partial charge in [0.25, 0.3) is 5.91 Å². The fourth-order valence-corrected chi connectivity index (χ4v) is 2.51. The lowest BCUT2D eigenvalue weighted by Crippen LogP contribution is -2.44. The minimum Gasteiger partial charge on any atom is -0.334 e. The van der Waals surface area contributed by atoms with Crippen LogP contribution < -0.4 is 0 Å². The highest BCUT2D eigenvalue weighted by molar-refractivity contribution is 6.18. The maximum Gasteiger partial charge on any atom is 0.254 e. The summed E-state index contributed by atoms with van der Waals surface area (Å²) in [6.45, 7) is 0.744. The van der Waals surface area contributed by atoms with Crippen molar-refractivity contribution in [3.05, 3.63) is 35.6 Å². The Bertz CT molecular complexity index is 393. The largest absolute Gasteiger partial charge is 0.334 e. The van der Waals surface area contributed by atoms with Crippen LogP contribution in [0.2, 0.25) is 0 Å². The summed E-state index contributed by atoms with van der Waals surface area (Å²) in [5, 5.41) is 0. The molecule has 1 heterocycles. The van der Waals surface area contributed by atoms with Crippen LogP contribution in [-0.2, 0) is 0 Å². The summed E-state index contributed by atoms with van der Waals surface area (Å²) in [6.07, 6.45) is 3.08. The van der Waals surface area contributed by atoms with Crippen molar-refractivity contribution in [3.8, 4) is 0 Å². The van der Waals surface area contributed by atoms with Crippen LogP contribution in [0.25, 0.3) is 0 Å². The molecule has 0 N–H and O–H groups in total. The molecule has 17 heavy (non-hydrogen) atoms. The van der Waals surface area contributed by atoms with Crippen LogP contribution in [-0.4, -0.2) is 29.3 Å². The third-order valence-corrected chi connectivity index (χ3v) is 3.51. The van der Waals surface area contributed by atoms with E-state index in [2.05, 4.69) is 0 Å². The first-order chi connectivity index (χ1) is 8.22. The monoisotopic (exact) mass is 255 g/mol. The second-order valence-electron chi connectivity index (χ2n) is 4.31. The highest BCUT2D eigenvalue weighted by Gasteiger charge is 2.26. The second kappa shape index (κ2) is 5.50. The topological polar surface area (TPSA) is 20.3 Å². The molecule has 1 aromatic rings. The third-order valence-electron chi connectivity index (χ3n) is 3.16. The van der Waals surface area contributed by atoms with E-state index < -0.39 is 0 Å². The average Bonchev–Trinajstić information content (AvgIpc) is 2.39. The van der Waals surface area contributed by atoms with Crippen LogP contribution in [0.4, 0.5) is 4.39 Å². The molecule has 92 valence electrons. The van der Waals surface area contributed by atoms with Crippen LogP contribution in [0.1, 0.15) is 29.6 Å². The third kappa shape index (κ3) is 2.78. The zero-order valence-corrected chi connectivity index (χ0v) is 10.3. The Morgan fingerprint density at radius 2 is 2.06 bits per heavy atom. The van der Waals surface area contributed by atoms with Gasteiger partial charge >= 0.3 is 0 Å². The predicted octanol–water partition coefficient (Wildman–Crippen LogP) is 3.06. The lowest BCUT2D eigenvalue weighted by molar-refractivity contribution is 0.0639. The Morgan fingerprint density at radius 1 is 1.35 bits per heavy atom. The number of piperidine rings is 1. The van der Waals surface area contributed by atoms with Crippen LogP contribution in [0.3, 0.4) is 0 Å². The molecule has 1 aliphatic rings. The molecule has 1 fully saturated rings. The first-order valence-corrected chi connectivity index (χ1v) is 6.38. The van der Waals surface area contributed by atoms with E-state index in [9.17, 15) is 9.18 Å². The quantitative estimate of drug-likeness (QED) is 0.744. The molecule has 1 saturated heterocycles. The molecule has 2 rings (SSSR count). The van der Waals surface area contributed by atoms with Crippen molar-refractivity contribution in [1.82, 2.24) is 4.90 Å². The SMILES string of the molecule is O=C(c1ccc(F)cc1)N1CCCCC1CCl. The maximum atomic E-state index is 12.8. The highest BCUT2D eigenvalue weighted by atomic mass is 35.5. The second-order valence-corrected chi connectivity index (χ2v) is 4.62. The number of carbonyl (C=O) groups excluding carboxylic acids is 1. The maximum absolute atomic E-state index is 12.8. The Labute approximate surface area is 105 Å². The lowest BCUT2D eigenvalue weighted by Gasteiger charge is -2.34. The summed E-state index contributed by atoms with van der Waals surface area (Å²) < 4.78 is 12.8. The molecule has 0 aromatic heterocycles. The van der Waals surface area contributed by atoms with Gasteiger partial charge < -0.3 is 4.90 Å². The smallest absolute Gasteiger partial charge is 0.254 e. The summed E-state index contributed by atoms with van der Waals surface area (Å²) in [4.78, 5) is 14.0. The van der Waals surface area contributed by atoms with Crippen molar-refractivity contribution in [2.75, 3.05) is 12.4 Å². The Kier molecular flexibility index (Phi) is 4.00. The van der Waals surface area contributed by atoms with Gasteiger partial charge in [-0.15, -0.1) is 11.6 Å². The molecular formula is C13H15ClFNO. The fraction of sp³-hybridized carbons (Fsp3) is 0.462. The number of carbonyl (C=O) groups is 1. The van der Waals surface area contributed by atoms with Crippen molar-refractivity contribution >= 4 is 17.5 Å². The van der Waals surface area contributed by atoms with E-state index in [0.717, 1.165) is 25.8 Å². The van der Waals surface area contributed by atoms with Crippen LogP contribution in [0, 0.1) is 5.82 Å². The number of halogens is 2. The van der Waals surface area contributed by atoms with Gasteiger partial charge in [0.15, 0.2) is 0 Å². The molecular weight excluding hydrogens is 241 g/mol. The minimum absolute atomic E-state index is 0.0460. The molecule has 1 unspecified atom stereocenters. The number of rotatable bonds is 2. The van der Waals surface area contributed by atoms with Crippen molar-refractivity contribution in [2.24, 2.45) is 0 Å². The van der Waals surface area contributed by atoms with Gasteiger partial charge in [0.05, 0.1) is 0 Å². The Morgan fingerprint density at radius 3 is 2.71 bits per heavy atom. The van der Waals surface area contributed by atoms with Crippen molar-refractivity contribution in [3.63, 3.8) is 0 Å². The standard InChI is InChI=1S/C13H15ClFNO/c14-9-12-3-1-2-8-16(12)13(17)10-4-6-11(15)7-5-10/h4-7,12H,1-3,8-9H2. The Hall–Kier alpha value is -1.09. The normalized spacial score (nSPS) is 20.4. The number of benzene rings is 1. The molecule has 1 amide bonds. The number of hydrogen-bond donors (Lipinski definition) is 0. The number of alkyl halides is 1. The number of nitrogens with zero attached hydrogens (tertiary/aromatic N) is 1. The van der Waals surface area contributed by atoms with E-state index >= 15 is 0 Å². The van der Waals surface area contributed by atoms with Crippen molar-refractivity contribution in [1.29, 1.82) is 0 Å². The van der Waals surface area contributed by atoms with Crippen LogP contribution in [0.15, 0.2) is 24.3 Å². The molecule has 0 spiro atoms. The van der Waals surface area contributed by atoms with E-state index in [0.29, 0.717) is 11.4 Å². The van der Waals surface area contributed by atoms with Gasteiger partial charge in [-0.25, -0.2) is 4.39 Å². The van der Waals surface area contributed by atoms with Gasteiger partial charge in [-0.1, -0.05) is 0 Å². The van der Waals surface area contributed by atoms with Gasteiger partial charge in [-0.2, -0.15) is 0 Å². The van der Waals surface area contributed by atoms with Crippen molar-refractivity contribution < 1.29 is 9.18 Å². The van der Waals surface area contributed by atoms with E-state index in [1.165, 1.54) is 24.3 Å². The molecule has 1 aliphatic heterocycles. The molecule has 2 nitrogen and oxygen atoms in total. The van der Waals surface area contributed by atoms with Gasteiger partial charge in [0.2, 0.25) is 0 Å². The number of amides is 1. The number of hydrogen-bond acceptors (Lipinski definition) is 1. The van der Waals surface area contributed by atoms with Gasteiger partial charge in [0.1, 0.15) is 5.82 Å². The molecule has 1 atom stereocenters. The molecule has 0 saturated carbocycles. The summed E-state index contributed by atoms with van der Waals surface area (Å²) >= 11 is 5.88. The zero-order valence-electron chi connectivity index (χ0n) is 9.53. The number of likely N-dealkylation sites (tertiary alicyclic amines) is 1. The lowest BCUT2D eigenvalue weighted by atomic mass is 10.0. The molecule has 4 heteroatoms. The van der Waals surface area contributed by atoms with E-state index in [4.69, 9.17) is 11.6 Å². The average molecular weight is 256 g/mol. The summed E-state index contributed by atoms with van der Waals surface area (Å²) in [6, 6.07) is 5.79. The minimum atomic E-state index is -0.325. The molecule has 0 radical (unpaired) electrons. The van der Waals surface area contributed by atoms with Gasteiger partial charge in [-0.3, -0.25) is 4.79 Å².